The molecule has 0 saturated heterocycles. The molecule has 4 aliphatic carbocycles. The van der Waals surface area contributed by atoms with Gasteiger partial charge in [-0.15, -0.1) is 0 Å². The number of rotatable bonds is 6. The lowest BCUT2D eigenvalue weighted by molar-refractivity contribution is -0.386. The number of alkyl halides is 10. The van der Waals surface area contributed by atoms with E-state index in [1.807, 2.05) is 0 Å². The Bertz CT molecular complexity index is 836. The standard InChI is InChI=1S/C20H20F10O4/c1-9(2)12(31)34-16-6-10-3-11(7-16)5-15(4-10,8-16)14(32)33-13(17(21,22)19(25,26)27)18(23,24)20(28,29)30/h10-11,13H,1,3-8H2,2H3. The van der Waals surface area contributed by atoms with Gasteiger partial charge < -0.3 is 9.47 Å². The van der Waals surface area contributed by atoms with Crippen molar-refractivity contribution in [3.63, 3.8) is 0 Å². The first-order valence-electron chi connectivity index (χ1n) is 10.1. The summed E-state index contributed by atoms with van der Waals surface area (Å²) in [5.41, 5.74) is -3.35. The van der Waals surface area contributed by atoms with Crippen molar-refractivity contribution in [2.45, 2.75) is 81.4 Å². The van der Waals surface area contributed by atoms with Crippen molar-refractivity contribution in [1.82, 2.24) is 0 Å². The average Bonchev–Trinajstić information content (AvgIpc) is 2.62. The van der Waals surface area contributed by atoms with Gasteiger partial charge in [0.15, 0.2) is 0 Å². The summed E-state index contributed by atoms with van der Waals surface area (Å²) in [6.45, 7) is 4.71. The van der Waals surface area contributed by atoms with E-state index in [1.54, 1.807) is 0 Å². The largest absolute Gasteiger partial charge is 0.457 e. The lowest BCUT2D eigenvalue weighted by atomic mass is 9.48. The average molecular weight is 514 g/mol. The normalized spacial score (nSPS) is 31.5. The van der Waals surface area contributed by atoms with Crippen LogP contribution in [-0.2, 0) is 19.1 Å². The maximum Gasteiger partial charge on any atom is 0.457 e. The number of carbonyl (C=O) groups is 2. The third kappa shape index (κ3) is 4.25. The molecular formula is C20H20F10O4. The zero-order chi connectivity index (χ0) is 26.1. The van der Waals surface area contributed by atoms with Gasteiger partial charge in [-0.3, -0.25) is 4.79 Å². The molecule has 0 aliphatic heterocycles. The Balaban J connectivity index is 1.97. The van der Waals surface area contributed by atoms with E-state index in [9.17, 15) is 53.5 Å². The molecular weight excluding hydrogens is 494 g/mol. The Labute approximate surface area is 186 Å². The first-order chi connectivity index (χ1) is 15.2. The Morgan fingerprint density at radius 2 is 1.29 bits per heavy atom. The van der Waals surface area contributed by atoms with Gasteiger partial charge in [0.05, 0.1) is 5.41 Å². The third-order valence-electron chi connectivity index (χ3n) is 6.74. The molecule has 4 nitrogen and oxygen atoms in total. The predicted molar refractivity (Wildman–Crippen MR) is 92.6 cm³/mol. The van der Waals surface area contributed by atoms with Gasteiger partial charge in [-0.2, -0.15) is 43.9 Å². The van der Waals surface area contributed by atoms with Gasteiger partial charge in [0.25, 0.3) is 0 Å². The maximum atomic E-state index is 13.8. The molecule has 0 heterocycles. The van der Waals surface area contributed by atoms with Crippen molar-refractivity contribution in [3.8, 4) is 0 Å². The van der Waals surface area contributed by atoms with E-state index in [1.165, 1.54) is 6.92 Å². The second kappa shape index (κ2) is 7.74. The fourth-order valence-electron chi connectivity index (χ4n) is 5.73. The van der Waals surface area contributed by atoms with Crippen LogP contribution in [0.1, 0.15) is 45.4 Å². The highest BCUT2D eigenvalue weighted by Gasteiger charge is 2.79. The molecule has 4 aliphatic rings. The minimum absolute atomic E-state index is 0.0259. The number of esters is 2. The summed E-state index contributed by atoms with van der Waals surface area (Å²) in [5, 5.41) is 0. The molecule has 4 saturated carbocycles. The molecule has 4 bridgehead atoms. The third-order valence-corrected chi connectivity index (χ3v) is 6.74. The summed E-state index contributed by atoms with van der Waals surface area (Å²) in [7, 11) is 0. The van der Waals surface area contributed by atoms with Crippen LogP contribution >= 0.6 is 0 Å². The molecule has 2 atom stereocenters. The van der Waals surface area contributed by atoms with E-state index in [4.69, 9.17) is 4.74 Å². The Hall–Kier alpha value is -2.02. The van der Waals surface area contributed by atoms with Crippen LogP contribution in [-0.4, -0.2) is 47.8 Å². The molecule has 0 amide bonds. The lowest BCUT2D eigenvalue weighted by Crippen LogP contribution is -2.64. The fourth-order valence-corrected chi connectivity index (χ4v) is 5.73. The van der Waals surface area contributed by atoms with Crippen LogP contribution in [0.5, 0.6) is 0 Å². The molecule has 14 heteroatoms. The molecule has 0 aromatic carbocycles. The minimum Gasteiger partial charge on any atom is -0.456 e. The van der Waals surface area contributed by atoms with E-state index >= 15 is 0 Å². The molecule has 194 valence electrons. The first-order valence-corrected chi connectivity index (χ1v) is 10.1. The summed E-state index contributed by atoms with van der Waals surface area (Å²) in [5.74, 6) is -17.1. The topological polar surface area (TPSA) is 52.6 Å². The summed E-state index contributed by atoms with van der Waals surface area (Å²) in [6.07, 6.45) is -18.9. The fraction of sp³-hybridized carbons (Fsp3) is 0.800. The summed E-state index contributed by atoms with van der Waals surface area (Å²) in [4.78, 5) is 24.9. The van der Waals surface area contributed by atoms with E-state index in [0.717, 1.165) is 0 Å². The van der Waals surface area contributed by atoms with E-state index in [-0.39, 0.29) is 31.3 Å². The van der Waals surface area contributed by atoms with Crippen LogP contribution in [0.2, 0.25) is 0 Å². The molecule has 0 N–H and O–H groups in total. The predicted octanol–water partition coefficient (Wildman–Crippen LogP) is 5.75. The second-order valence-corrected chi connectivity index (χ2v) is 9.62. The van der Waals surface area contributed by atoms with Gasteiger partial charge in [-0.1, -0.05) is 6.58 Å². The van der Waals surface area contributed by atoms with Crippen molar-refractivity contribution < 1.29 is 63.0 Å². The lowest BCUT2D eigenvalue weighted by Gasteiger charge is -2.60. The Kier molecular flexibility index (Phi) is 6.05. The molecule has 0 aromatic heterocycles. The Morgan fingerprint density at radius 3 is 1.68 bits per heavy atom. The number of hydrogen-bond acceptors (Lipinski definition) is 4. The second-order valence-electron chi connectivity index (χ2n) is 9.62. The zero-order valence-electron chi connectivity index (χ0n) is 17.6. The molecule has 0 aromatic rings. The van der Waals surface area contributed by atoms with Crippen LogP contribution in [0.4, 0.5) is 43.9 Å². The monoisotopic (exact) mass is 514 g/mol. The summed E-state index contributed by atoms with van der Waals surface area (Å²) in [6, 6.07) is 0. The van der Waals surface area contributed by atoms with Crippen LogP contribution < -0.4 is 0 Å². The van der Waals surface area contributed by atoms with Crippen LogP contribution in [0, 0.1) is 17.3 Å². The molecule has 4 rings (SSSR count). The number of hydrogen-bond donors (Lipinski definition) is 0. The van der Waals surface area contributed by atoms with Crippen molar-refractivity contribution in [2.75, 3.05) is 0 Å². The highest BCUT2D eigenvalue weighted by Crippen LogP contribution is 2.64. The van der Waals surface area contributed by atoms with Gasteiger partial charge >= 0.3 is 36.1 Å². The Morgan fingerprint density at radius 1 is 0.853 bits per heavy atom. The quantitative estimate of drug-likeness (QED) is 0.257. The van der Waals surface area contributed by atoms with Gasteiger partial charge in [0.1, 0.15) is 5.60 Å². The molecule has 0 spiro atoms. The smallest absolute Gasteiger partial charge is 0.456 e. The van der Waals surface area contributed by atoms with Crippen LogP contribution in [0.15, 0.2) is 12.2 Å². The molecule has 4 fully saturated rings. The highest BCUT2D eigenvalue weighted by molar-refractivity contribution is 5.87. The molecule has 34 heavy (non-hydrogen) atoms. The molecule has 2 unspecified atom stereocenters. The molecule has 0 radical (unpaired) electrons. The summed E-state index contributed by atoms with van der Waals surface area (Å²) < 4.78 is 141. The highest BCUT2D eigenvalue weighted by atomic mass is 19.4. The minimum atomic E-state index is -6.87. The number of halogens is 10. The number of carbonyl (C=O) groups excluding carboxylic acids is 2. The maximum absolute atomic E-state index is 13.8. The van der Waals surface area contributed by atoms with Crippen molar-refractivity contribution in [3.05, 3.63) is 12.2 Å². The van der Waals surface area contributed by atoms with Gasteiger partial charge in [-0.25, -0.2) is 4.79 Å². The van der Waals surface area contributed by atoms with E-state index in [2.05, 4.69) is 11.3 Å². The summed E-state index contributed by atoms with van der Waals surface area (Å²) >= 11 is 0. The zero-order valence-corrected chi connectivity index (χ0v) is 17.6. The number of ether oxygens (including phenoxy) is 2. The van der Waals surface area contributed by atoms with Crippen molar-refractivity contribution in [2.24, 2.45) is 17.3 Å². The van der Waals surface area contributed by atoms with E-state index in [0.29, 0.717) is 6.42 Å². The van der Waals surface area contributed by atoms with Crippen LogP contribution in [0.25, 0.3) is 0 Å². The van der Waals surface area contributed by atoms with Gasteiger partial charge in [0.2, 0.25) is 6.10 Å². The van der Waals surface area contributed by atoms with Crippen molar-refractivity contribution >= 4 is 11.9 Å². The van der Waals surface area contributed by atoms with Crippen LogP contribution in [0.3, 0.4) is 0 Å². The van der Waals surface area contributed by atoms with Crippen molar-refractivity contribution in [1.29, 1.82) is 0 Å². The SMILES string of the molecule is C=C(C)C(=O)OC12CC3CC(C1)CC(C(=O)OC(C(F)(F)C(F)(F)F)C(F)(F)C(F)(F)F)(C3)C2. The van der Waals surface area contributed by atoms with E-state index < -0.39 is 71.5 Å². The van der Waals surface area contributed by atoms with Gasteiger partial charge in [-0.05, 0) is 50.9 Å². The first kappa shape index (κ1) is 26.6. The van der Waals surface area contributed by atoms with Gasteiger partial charge in [0, 0.05) is 12.0 Å².